The number of carbonyl (C=O) groups excluding carboxylic acids is 3. The van der Waals surface area contributed by atoms with Crippen LogP contribution in [0.1, 0.15) is 174 Å². The highest BCUT2D eigenvalue weighted by molar-refractivity contribution is 7.47. The topological polar surface area (TPSA) is 166 Å². The Morgan fingerprint density at radius 1 is 0.593 bits per heavy atom. The largest absolute Gasteiger partial charge is 0.472 e. The predicted octanol–water partition coefficient (Wildman–Crippen LogP) is 9.96. The van der Waals surface area contributed by atoms with Gasteiger partial charge in [0.2, 0.25) is 0 Å². The molecule has 0 saturated carbocycles. The highest BCUT2D eigenvalue weighted by atomic mass is 31.2. The van der Waals surface area contributed by atoms with Gasteiger partial charge >= 0.3 is 19.8 Å². The van der Waals surface area contributed by atoms with Crippen LogP contribution in [0, 0.1) is 0 Å². The Kier molecular flexibility index (Phi) is 36.3. The Balaban J connectivity index is 4.39. The van der Waals surface area contributed by atoms with Crippen LogP contribution in [-0.4, -0.2) is 71.5 Å². The summed E-state index contributed by atoms with van der Waals surface area (Å²) in [7, 11) is -4.63. The van der Waals surface area contributed by atoms with E-state index in [2.05, 4.69) is 36.6 Å². The van der Waals surface area contributed by atoms with Crippen molar-refractivity contribution in [2.24, 2.45) is 0 Å². The van der Waals surface area contributed by atoms with Crippen LogP contribution >= 0.6 is 7.82 Å². The average molecular weight is 787 g/mol. The van der Waals surface area contributed by atoms with Crippen LogP contribution in [0.15, 0.2) is 36.5 Å². The number of unbranched alkanes of at least 4 members (excludes halogenated alkanes) is 18. The number of ether oxygens (including phenoxy) is 2. The number of phosphoric acid groups is 1. The number of esters is 2. The zero-order valence-electron chi connectivity index (χ0n) is 33.7. The summed E-state index contributed by atoms with van der Waals surface area (Å²) in [6.07, 6.45) is 33.7. The minimum atomic E-state index is -4.63. The van der Waals surface area contributed by atoms with E-state index in [1.54, 1.807) is 12.2 Å². The van der Waals surface area contributed by atoms with Crippen LogP contribution < -0.4 is 0 Å². The second-order valence-electron chi connectivity index (χ2n) is 14.0. The summed E-state index contributed by atoms with van der Waals surface area (Å²) in [5.74, 6) is -0.826. The Hall–Kier alpha value is -2.14. The van der Waals surface area contributed by atoms with E-state index in [0.29, 0.717) is 19.3 Å². The van der Waals surface area contributed by atoms with Gasteiger partial charge in [-0.15, -0.1) is 0 Å². The highest BCUT2D eigenvalue weighted by Crippen LogP contribution is 2.43. The molecule has 0 aromatic rings. The molecule has 0 amide bonds. The summed E-state index contributed by atoms with van der Waals surface area (Å²) in [6.45, 7) is 2.15. The van der Waals surface area contributed by atoms with Crippen molar-refractivity contribution >= 4 is 25.5 Å². The van der Waals surface area contributed by atoms with Crippen molar-refractivity contribution in [1.82, 2.24) is 0 Å². The van der Waals surface area contributed by atoms with E-state index in [4.69, 9.17) is 19.1 Å². The zero-order valence-corrected chi connectivity index (χ0v) is 34.6. The lowest BCUT2D eigenvalue weighted by molar-refractivity contribution is -0.161. The van der Waals surface area contributed by atoms with Gasteiger partial charge < -0.3 is 24.6 Å². The van der Waals surface area contributed by atoms with Crippen LogP contribution in [0.5, 0.6) is 0 Å². The monoisotopic (exact) mass is 787 g/mol. The third kappa shape index (κ3) is 36.8. The maximum absolute atomic E-state index is 12.6. The first-order chi connectivity index (χ1) is 26.1. The summed E-state index contributed by atoms with van der Waals surface area (Å²) < 4.78 is 32.6. The van der Waals surface area contributed by atoms with Gasteiger partial charge in [0, 0.05) is 19.3 Å². The Labute approximate surface area is 327 Å². The number of aliphatic hydroxyl groups excluding tert-OH is 2. The van der Waals surface area contributed by atoms with Crippen molar-refractivity contribution in [2.45, 2.75) is 187 Å². The molecule has 0 saturated heterocycles. The lowest BCUT2D eigenvalue weighted by atomic mass is 10.1. The molecule has 0 aliphatic carbocycles. The number of rotatable bonds is 39. The van der Waals surface area contributed by atoms with Crippen molar-refractivity contribution < 1.29 is 52.6 Å². The van der Waals surface area contributed by atoms with Crippen LogP contribution in [0.2, 0.25) is 0 Å². The average Bonchev–Trinajstić information content (AvgIpc) is 3.15. The van der Waals surface area contributed by atoms with Gasteiger partial charge in [-0.25, -0.2) is 4.57 Å². The Morgan fingerprint density at radius 2 is 1.07 bits per heavy atom. The van der Waals surface area contributed by atoms with E-state index < -0.39 is 51.8 Å². The molecule has 0 fully saturated rings. The molecule has 314 valence electrons. The van der Waals surface area contributed by atoms with E-state index in [1.165, 1.54) is 44.9 Å². The van der Waals surface area contributed by atoms with Gasteiger partial charge in [-0.3, -0.25) is 23.4 Å². The molecule has 11 nitrogen and oxygen atoms in total. The predicted molar refractivity (Wildman–Crippen MR) is 215 cm³/mol. The number of hydrogen-bond acceptors (Lipinski definition) is 10. The zero-order chi connectivity index (χ0) is 40.0. The smallest absolute Gasteiger partial charge is 0.462 e. The first-order valence-electron chi connectivity index (χ1n) is 20.9. The normalized spacial score (nSPS) is 14.2. The molecule has 0 aliphatic rings. The molecule has 1 unspecified atom stereocenters. The fourth-order valence-corrected chi connectivity index (χ4v) is 6.23. The molecule has 0 aliphatic heterocycles. The van der Waals surface area contributed by atoms with Gasteiger partial charge in [0.05, 0.1) is 19.8 Å². The molecule has 0 aromatic carbocycles. The molecule has 0 bridgehead atoms. The third-order valence-electron chi connectivity index (χ3n) is 8.74. The van der Waals surface area contributed by atoms with E-state index >= 15 is 0 Å². The van der Waals surface area contributed by atoms with E-state index in [0.717, 1.165) is 83.5 Å². The van der Waals surface area contributed by atoms with Crippen molar-refractivity contribution in [3.8, 4) is 0 Å². The van der Waals surface area contributed by atoms with Gasteiger partial charge in [0.1, 0.15) is 12.7 Å². The molecular formula is C42H75O11P. The maximum Gasteiger partial charge on any atom is 0.472 e. The minimum absolute atomic E-state index is 0.161. The van der Waals surface area contributed by atoms with Crippen LogP contribution in [0.3, 0.4) is 0 Å². The van der Waals surface area contributed by atoms with Gasteiger partial charge in [-0.05, 0) is 63.9 Å². The molecule has 3 atom stereocenters. The SMILES string of the molecule is CCCCCC/C=C\CCCCCCCCCC(=O)O[C@H](COC(=O)CCCCCCC/C=C\C=C\C(=O)CCCCC)COP(=O)(O)OC[C@@H](O)CO. The maximum atomic E-state index is 12.6. The molecule has 12 heteroatoms. The summed E-state index contributed by atoms with van der Waals surface area (Å²) in [5, 5.41) is 18.3. The van der Waals surface area contributed by atoms with Crippen molar-refractivity contribution in [3.05, 3.63) is 36.5 Å². The first-order valence-corrected chi connectivity index (χ1v) is 22.4. The van der Waals surface area contributed by atoms with Crippen LogP contribution in [0.25, 0.3) is 0 Å². The van der Waals surface area contributed by atoms with Crippen molar-refractivity contribution in [3.63, 3.8) is 0 Å². The fraction of sp³-hybridized carbons (Fsp3) is 0.786. The lowest BCUT2D eigenvalue weighted by Gasteiger charge is -2.20. The molecule has 54 heavy (non-hydrogen) atoms. The summed E-state index contributed by atoms with van der Waals surface area (Å²) in [6, 6.07) is 0. The minimum Gasteiger partial charge on any atom is -0.462 e. The molecule has 0 radical (unpaired) electrons. The molecule has 0 rings (SSSR count). The number of carbonyl (C=O) groups is 3. The molecule has 0 spiro atoms. The summed E-state index contributed by atoms with van der Waals surface area (Å²) >= 11 is 0. The Morgan fingerprint density at radius 3 is 1.67 bits per heavy atom. The highest BCUT2D eigenvalue weighted by Gasteiger charge is 2.27. The standard InChI is InChI=1S/C42H75O11P/c1-3-5-7-8-9-10-11-12-13-14-15-18-22-25-29-33-42(47)53-40(37-52-54(48,49)51-35-39(45)34-43)36-50-41(46)32-28-24-21-19-16-17-20-23-27-31-38(44)30-26-6-4-2/h10-11,20,23,27,31,39-40,43,45H,3-9,12-19,21-22,24-26,28-30,32-37H2,1-2H3,(H,48,49)/b11-10-,23-20-,31-27+/t39-,40+/m0/s1. The molecule has 0 heterocycles. The van der Waals surface area contributed by atoms with Gasteiger partial charge in [-0.1, -0.05) is 128 Å². The quantitative estimate of drug-likeness (QED) is 0.0136. The Bertz CT molecular complexity index is 1060. The van der Waals surface area contributed by atoms with E-state index in [9.17, 15) is 28.9 Å². The number of hydrogen-bond donors (Lipinski definition) is 3. The van der Waals surface area contributed by atoms with Crippen molar-refractivity contribution in [2.75, 3.05) is 26.4 Å². The molecule has 0 aromatic heterocycles. The fourth-order valence-electron chi connectivity index (χ4n) is 5.44. The number of aliphatic hydroxyl groups is 2. The van der Waals surface area contributed by atoms with E-state index in [1.807, 2.05) is 6.08 Å². The van der Waals surface area contributed by atoms with Crippen molar-refractivity contribution in [1.29, 1.82) is 0 Å². The number of phosphoric ester groups is 1. The van der Waals surface area contributed by atoms with Crippen LogP contribution in [-0.2, 0) is 37.5 Å². The third-order valence-corrected chi connectivity index (χ3v) is 9.69. The molecule has 3 N–H and O–H groups in total. The number of allylic oxidation sites excluding steroid dienone is 6. The second-order valence-corrected chi connectivity index (χ2v) is 15.5. The first kappa shape index (κ1) is 51.9. The van der Waals surface area contributed by atoms with Gasteiger partial charge in [-0.2, -0.15) is 0 Å². The van der Waals surface area contributed by atoms with Gasteiger partial charge in [0.25, 0.3) is 0 Å². The summed E-state index contributed by atoms with van der Waals surface area (Å²) in [4.78, 5) is 46.7. The second kappa shape index (κ2) is 37.8. The summed E-state index contributed by atoms with van der Waals surface area (Å²) in [5.41, 5.74) is 0. The number of ketones is 1. The molecular weight excluding hydrogens is 711 g/mol. The van der Waals surface area contributed by atoms with E-state index in [-0.39, 0.29) is 25.2 Å². The lowest BCUT2D eigenvalue weighted by Crippen LogP contribution is -2.29. The van der Waals surface area contributed by atoms with Gasteiger partial charge in [0.15, 0.2) is 11.9 Å². The van der Waals surface area contributed by atoms with Crippen LogP contribution in [0.4, 0.5) is 0 Å².